The van der Waals surface area contributed by atoms with Crippen LogP contribution in [0.3, 0.4) is 0 Å². The topological polar surface area (TPSA) is 35.2 Å². The Bertz CT molecular complexity index is 455. The largest absolute Gasteiger partial charge is 0.299 e. The summed E-state index contributed by atoms with van der Waals surface area (Å²) in [5, 5.41) is 0. The minimum absolute atomic E-state index is 0.223. The van der Waals surface area contributed by atoms with Crippen molar-refractivity contribution in [3.63, 3.8) is 0 Å². The van der Waals surface area contributed by atoms with Gasteiger partial charge >= 0.3 is 0 Å². The molecule has 0 aromatic heterocycles. The highest BCUT2D eigenvalue weighted by Gasteiger charge is 2.21. The van der Waals surface area contributed by atoms with Crippen molar-refractivity contribution in [2.75, 3.05) is 12.6 Å². The van der Waals surface area contributed by atoms with Crippen LogP contribution in [0.25, 0.3) is 0 Å². The maximum absolute atomic E-state index is 12.7. The van der Waals surface area contributed by atoms with Crippen molar-refractivity contribution < 1.29 is 9.23 Å². The van der Waals surface area contributed by atoms with E-state index in [4.69, 9.17) is 17.5 Å². The zero-order chi connectivity index (χ0) is 17.4. The molecule has 1 aliphatic rings. The minimum atomic E-state index is -0.551. The Morgan fingerprint density at radius 2 is 1.83 bits per heavy atom. The summed E-state index contributed by atoms with van der Waals surface area (Å²) in [7, 11) is 0. The van der Waals surface area contributed by atoms with E-state index in [-0.39, 0.29) is 5.92 Å². The van der Waals surface area contributed by atoms with Crippen molar-refractivity contribution in [1.29, 1.82) is 0 Å². The van der Waals surface area contributed by atoms with Crippen molar-refractivity contribution >= 4 is 11.6 Å². The molecule has 24 heavy (non-hydrogen) atoms. The van der Waals surface area contributed by atoms with E-state index >= 15 is 0 Å². The summed E-state index contributed by atoms with van der Waals surface area (Å²) in [6.45, 7) is 1.75. The lowest BCUT2D eigenvalue weighted by Gasteiger charge is -2.28. The number of benzene rings is 1. The molecule has 1 aromatic rings. The van der Waals surface area contributed by atoms with E-state index in [0.717, 1.165) is 12.3 Å². The van der Waals surface area contributed by atoms with Crippen LogP contribution in [0, 0.1) is 5.92 Å². The molecule has 1 aliphatic carbocycles. The lowest BCUT2D eigenvalue weighted by molar-refractivity contribution is 0.0278. The van der Waals surface area contributed by atoms with E-state index in [1.807, 2.05) is 0 Å². The maximum atomic E-state index is 12.7. The summed E-state index contributed by atoms with van der Waals surface area (Å²) in [5.41, 5.74) is 2.68. The molecule has 2 N–H and O–H groups in total. The van der Waals surface area contributed by atoms with Gasteiger partial charge in [0.25, 0.3) is 0 Å². The Kier molecular flexibility index (Phi) is 8.51. The van der Waals surface area contributed by atoms with Crippen LogP contribution in [-0.2, 0) is 4.84 Å². The fraction of sp³-hybridized carbons (Fsp3) is 0.700. The van der Waals surface area contributed by atoms with Gasteiger partial charge in [-0.15, -0.1) is 11.6 Å². The Morgan fingerprint density at radius 1 is 1.17 bits per heavy atom. The predicted octanol–water partition coefficient (Wildman–Crippen LogP) is 5.70. The fourth-order valence-corrected chi connectivity index (χ4v) is 4.18. The molecule has 2 nitrogen and oxygen atoms in total. The van der Waals surface area contributed by atoms with Crippen molar-refractivity contribution in [2.24, 2.45) is 11.8 Å². The summed E-state index contributed by atoms with van der Waals surface area (Å²) < 4.78 is 12.7. The van der Waals surface area contributed by atoms with Crippen LogP contribution in [0.1, 0.15) is 74.8 Å². The van der Waals surface area contributed by atoms with Gasteiger partial charge in [-0.05, 0) is 67.4 Å². The van der Waals surface area contributed by atoms with Crippen LogP contribution >= 0.6 is 11.6 Å². The van der Waals surface area contributed by atoms with E-state index in [0.29, 0.717) is 18.2 Å². The molecule has 2 atom stereocenters. The molecule has 2 rings (SSSR count). The highest BCUT2D eigenvalue weighted by atomic mass is 35.5. The van der Waals surface area contributed by atoms with Crippen molar-refractivity contribution in [3.8, 4) is 0 Å². The standard InChI is InChI=1S/C20H31ClFNO/c1-2-15-3-5-16(6-4-15)17-7-9-18(10-8-17)19(13-21)11-12-20(14-22)24-23/h7-10,15-16,19-20H,2-6,11-14,23H2,1H3. The number of hydrogen-bond donors (Lipinski definition) is 1. The van der Waals surface area contributed by atoms with E-state index < -0.39 is 12.8 Å². The van der Waals surface area contributed by atoms with Gasteiger partial charge in [-0.3, -0.25) is 4.84 Å². The Balaban J connectivity index is 1.92. The Hall–Kier alpha value is -0.640. The number of nitrogens with two attached hydrogens (primary N) is 1. The van der Waals surface area contributed by atoms with Gasteiger partial charge in [0, 0.05) is 5.88 Å². The summed E-state index contributed by atoms with van der Waals surface area (Å²) in [6, 6.07) is 8.92. The molecular weight excluding hydrogens is 325 g/mol. The second kappa shape index (κ2) is 10.4. The first-order valence-electron chi connectivity index (χ1n) is 9.29. The van der Waals surface area contributed by atoms with Gasteiger partial charge in [0.2, 0.25) is 0 Å². The van der Waals surface area contributed by atoms with Crippen LogP contribution in [0.2, 0.25) is 0 Å². The molecular formula is C20H31ClFNO. The number of alkyl halides is 2. The first kappa shape index (κ1) is 19.7. The van der Waals surface area contributed by atoms with Crippen LogP contribution < -0.4 is 5.90 Å². The predicted molar refractivity (Wildman–Crippen MR) is 99.2 cm³/mol. The molecule has 2 unspecified atom stereocenters. The molecule has 1 aromatic carbocycles. The highest BCUT2D eigenvalue weighted by Crippen LogP contribution is 2.37. The third-order valence-electron chi connectivity index (χ3n) is 5.69. The van der Waals surface area contributed by atoms with Gasteiger partial charge in [-0.25, -0.2) is 10.3 Å². The number of halogens is 2. The molecule has 0 heterocycles. The van der Waals surface area contributed by atoms with Crippen LogP contribution in [0.15, 0.2) is 24.3 Å². The summed E-state index contributed by atoms with van der Waals surface area (Å²) >= 11 is 6.13. The van der Waals surface area contributed by atoms with Gasteiger partial charge in [0.15, 0.2) is 0 Å². The Labute approximate surface area is 150 Å². The van der Waals surface area contributed by atoms with E-state index in [9.17, 15) is 4.39 Å². The summed E-state index contributed by atoms with van der Waals surface area (Å²) in [6.07, 6.45) is 7.50. The van der Waals surface area contributed by atoms with Crippen LogP contribution in [0.4, 0.5) is 4.39 Å². The second-order valence-electron chi connectivity index (χ2n) is 7.13. The SMILES string of the molecule is CCC1CCC(c2ccc(C(CCl)CCC(CF)ON)cc2)CC1. The molecule has 0 amide bonds. The molecule has 136 valence electrons. The zero-order valence-corrected chi connectivity index (χ0v) is 15.5. The first-order valence-corrected chi connectivity index (χ1v) is 9.82. The number of rotatable bonds is 9. The normalized spacial score (nSPS) is 23.8. The number of hydrogen-bond acceptors (Lipinski definition) is 2. The van der Waals surface area contributed by atoms with E-state index in [1.54, 1.807) is 0 Å². The third kappa shape index (κ3) is 5.44. The van der Waals surface area contributed by atoms with E-state index in [2.05, 4.69) is 36.0 Å². The first-order chi connectivity index (χ1) is 11.7. The monoisotopic (exact) mass is 355 g/mol. The van der Waals surface area contributed by atoms with Gasteiger partial charge < -0.3 is 0 Å². The van der Waals surface area contributed by atoms with Crippen molar-refractivity contribution in [1.82, 2.24) is 0 Å². The summed E-state index contributed by atoms with van der Waals surface area (Å²) in [4.78, 5) is 4.63. The van der Waals surface area contributed by atoms with Gasteiger partial charge in [0.05, 0.1) is 0 Å². The molecule has 1 fully saturated rings. The minimum Gasteiger partial charge on any atom is -0.299 e. The maximum Gasteiger partial charge on any atom is 0.118 e. The van der Waals surface area contributed by atoms with Crippen molar-refractivity contribution in [2.45, 2.75) is 69.8 Å². The quantitative estimate of drug-likeness (QED) is 0.455. The van der Waals surface area contributed by atoms with Crippen LogP contribution in [-0.4, -0.2) is 18.7 Å². The average molecular weight is 356 g/mol. The van der Waals surface area contributed by atoms with Gasteiger partial charge in [-0.2, -0.15) is 0 Å². The highest BCUT2D eigenvalue weighted by molar-refractivity contribution is 6.18. The van der Waals surface area contributed by atoms with Crippen LogP contribution in [0.5, 0.6) is 0 Å². The lowest BCUT2D eigenvalue weighted by atomic mass is 9.77. The smallest absolute Gasteiger partial charge is 0.118 e. The fourth-order valence-electron chi connectivity index (χ4n) is 3.85. The molecule has 0 spiro atoms. The van der Waals surface area contributed by atoms with Crippen molar-refractivity contribution in [3.05, 3.63) is 35.4 Å². The van der Waals surface area contributed by atoms with Gasteiger partial charge in [-0.1, -0.05) is 37.6 Å². The van der Waals surface area contributed by atoms with Gasteiger partial charge in [0.1, 0.15) is 12.8 Å². The summed E-state index contributed by atoms with van der Waals surface area (Å²) in [5.74, 6) is 7.49. The average Bonchev–Trinajstić information content (AvgIpc) is 2.66. The molecule has 4 heteroatoms. The third-order valence-corrected chi connectivity index (χ3v) is 6.06. The Morgan fingerprint density at radius 3 is 2.33 bits per heavy atom. The van der Waals surface area contributed by atoms with E-state index in [1.165, 1.54) is 43.2 Å². The second-order valence-corrected chi connectivity index (χ2v) is 7.44. The molecule has 0 radical (unpaired) electrons. The molecule has 0 saturated heterocycles. The molecule has 0 bridgehead atoms. The zero-order valence-electron chi connectivity index (χ0n) is 14.7. The lowest BCUT2D eigenvalue weighted by Crippen LogP contribution is -2.20. The molecule has 0 aliphatic heterocycles. The molecule has 1 saturated carbocycles.